The molecule has 2 heterocycles. The minimum absolute atomic E-state index is 0.478. The number of nitrogens with one attached hydrogen (secondary N) is 1. The predicted molar refractivity (Wildman–Crippen MR) is 89.7 cm³/mol. The van der Waals surface area contributed by atoms with E-state index in [4.69, 9.17) is 4.74 Å². The Bertz CT molecular complexity index is 287. The highest BCUT2D eigenvalue weighted by atomic mass is 16.5. The molecule has 0 saturated carbocycles. The molecule has 0 radical (unpaired) electrons. The van der Waals surface area contributed by atoms with Gasteiger partial charge in [0.25, 0.3) is 0 Å². The van der Waals surface area contributed by atoms with E-state index in [1.165, 1.54) is 38.6 Å². The summed E-state index contributed by atoms with van der Waals surface area (Å²) in [6.45, 7) is 13.8. The molecule has 3 nitrogen and oxygen atoms in total. The van der Waals surface area contributed by atoms with Crippen LogP contribution in [0.15, 0.2) is 0 Å². The van der Waals surface area contributed by atoms with Crippen LogP contribution in [0.3, 0.4) is 0 Å². The van der Waals surface area contributed by atoms with Gasteiger partial charge in [0, 0.05) is 38.3 Å². The molecule has 0 aliphatic carbocycles. The molecule has 3 atom stereocenters. The lowest BCUT2D eigenvalue weighted by Gasteiger charge is -2.43. The van der Waals surface area contributed by atoms with Crippen molar-refractivity contribution in [3.05, 3.63) is 0 Å². The molecule has 0 aromatic rings. The summed E-state index contributed by atoms with van der Waals surface area (Å²) in [5, 5.41) is 3.79. The Hall–Kier alpha value is -0.120. The van der Waals surface area contributed by atoms with Gasteiger partial charge in [-0.2, -0.15) is 0 Å². The highest BCUT2D eigenvalue weighted by Gasteiger charge is 2.30. The normalized spacial score (nSPS) is 32.0. The van der Waals surface area contributed by atoms with Gasteiger partial charge < -0.3 is 10.1 Å². The fourth-order valence-corrected chi connectivity index (χ4v) is 3.87. The van der Waals surface area contributed by atoms with E-state index in [1.807, 2.05) is 0 Å². The van der Waals surface area contributed by atoms with Crippen LogP contribution in [0.25, 0.3) is 0 Å². The monoisotopic (exact) mass is 296 g/mol. The van der Waals surface area contributed by atoms with Crippen molar-refractivity contribution < 1.29 is 4.74 Å². The van der Waals surface area contributed by atoms with Crippen molar-refractivity contribution >= 4 is 0 Å². The van der Waals surface area contributed by atoms with Crippen molar-refractivity contribution in [1.29, 1.82) is 0 Å². The molecule has 0 aromatic heterocycles. The number of hydrogen-bond donors (Lipinski definition) is 1. The summed E-state index contributed by atoms with van der Waals surface area (Å²) < 4.78 is 5.99. The highest BCUT2D eigenvalue weighted by Crippen LogP contribution is 2.21. The zero-order valence-electron chi connectivity index (χ0n) is 14.6. The first-order valence-corrected chi connectivity index (χ1v) is 9.13. The first-order chi connectivity index (χ1) is 10.0. The molecule has 2 aliphatic heterocycles. The van der Waals surface area contributed by atoms with Gasteiger partial charge in [-0.15, -0.1) is 0 Å². The van der Waals surface area contributed by atoms with Crippen LogP contribution in [0.4, 0.5) is 0 Å². The number of nitrogens with zero attached hydrogens (tertiary/aromatic N) is 1. The molecular formula is C18H36N2O. The molecule has 0 aromatic carbocycles. The molecule has 21 heavy (non-hydrogen) atoms. The molecule has 1 N–H and O–H groups in total. The van der Waals surface area contributed by atoms with Crippen molar-refractivity contribution in [3.8, 4) is 0 Å². The quantitative estimate of drug-likeness (QED) is 0.814. The van der Waals surface area contributed by atoms with Crippen LogP contribution in [0.5, 0.6) is 0 Å². The van der Waals surface area contributed by atoms with Crippen molar-refractivity contribution in [2.24, 2.45) is 11.8 Å². The maximum Gasteiger partial charge on any atom is 0.0702 e. The molecule has 0 amide bonds. The van der Waals surface area contributed by atoms with Crippen molar-refractivity contribution in [2.75, 3.05) is 26.2 Å². The standard InChI is InChI=1S/C18H36N2O/c1-14(2)9-16-12-20(13-18-7-5-6-8-21-18)17(11-19-16)10-15(3)4/h14-19H,5-13H2,1-4H3. The van der Waals surface area contributed by atoms with Crippen LogP contribution < -0.4 is 5.32 Å². The Morgan fingerprint density at radius 3 is 2.48 bits per heavy atom. The zero-order valence-corrected chi connectivity index (χ0v) is 14.6. The Balaban J connectivity index is 1.91. The number of rotatable bonds is 6. The smallest absolute Gasteiger partial charge is 0.0702 e. The van der Waals surface area contributed by atoms with Gasteiger partial charge >= 0.3 is 0 Å². The summed E-state index contributed by atoms with van der Waals surface area (Å²) in [7, 11) is 0. The van der Waals surface area contributed by atoms with Gasteiger partial charge in [-0.1, -0.05) is 27.7 Å². The third kappa shape index (κ3) is 5.88. The lowest BCUT2D eigenvalue weighted by molar-refractivity contribution is -0.0243. The van der Waals surface area contributed by atoms with Crippen molar-refractivity contribution in [2.45, 2.75) is 78.0 Å². The van der Waals surface area contributed by atoms with Crippen LogP contribution in [-0.4, -0.2) is 49.3 Å². The Morgan fingerprint density at radius 2 is 1.86 bits per heavy atom. The van der Waals surface area contributed by atoms with E-state index in [9.17, 15) is 0 Å². The molecule has 0 bridgehead atoms. The molecular weight excluding hydrogens is 260 g/mol. The highest BCUT2D eigenvalue weighted by molar-refractivity contribution is 4.88. The average molecular weight is 296 g/mol. The first kappa shape index (κ1) is 17.2. The largest absolute Gasteiger partial charge is 0.377 e. The second kappa shape index (κ2) is 8.50. The summed E-state index contributed by atoms with van der Waals surface area (Å²) in [5.74, 6) is 1.55. The summed E-state index contributed by atoms with van der Waals surface area (Å²) in [5.41, 5.74) is 0. The third-order valence-electron chi connectivity index (χ3n) is 4.82. The predicted octanol–water partition coefficient (Wildman–Crippen LogP) is 3.29. The van der Waals surface area contributed by atoms with Gasteiger partial charge in [0.05, 0.1) is 6.10 Å². The molecule has 2 fully saturated rings. The van der Waals surface area contributed by atoms with Crippen molar-refractivity contribution in [3.63, 3.8) is 0 Å². The van der Waals surface area contributed by atoms with Gasteiger partial charge in [0.1, 0.15) is 0 Å². The Labute approximate surface area is 131 Å². The Morgan fingerprint density at radius 1 is 1.10 bits per heavy atom. The lowest BCUT2D eigenvalue weighted by atomic mass is 9.95. The molecule has 2 rings (SSSR count). The zero-order chi connectivity index (χ0) is 15.2. The van der Waals surface area contributed by atoms with E-state index < -0.39 is 0 Å². The molecule has 3 heteroatoms. The second-order valence-electron chi connectivity index (χ2n) is 7.96. The van der Waals surface area contributed by atoms with Crippen molar-refractivity contribution in [1.82, 2.24) is 10.2 Å². The fourth-order valence-electron chi connectivity index (χ4n) is 3.87. The van der Waals surface area contributed by atoms with E-state index >= 15 is 0 Å². The summed E-state index contributed by atoms with van der Waals surface area (Å²) in [6, 6.07) is 1.36. The van der Waals surface area contributed by atoms with Gasteiger partial charge in [-0.3, -0.25) is 4.90 Å². The van der Waals surface area contributed by atoms with Crippen LogP contribution in [0.2, 0.25) is 0 Å². The third-order valence-corrected chi connectivity index (χ3v) is 4.82. The molecule has 2 aliphatic rings. The van der Waals surface area contributed by atoms with Crippen LogP contribution in [0, 0.1) is 11.8 Å². The number of hydrogen-bond acceptors (Lipinski definition) is 3. The van der Waals surface area contributed by atoms with E-state index in [0.29, 0.717) is 18.2 Å². The van der Waals surface area contributed by atoms with E-state index in [-0.39, 0.29) is 0 Å². The van der Waals surface area contributed by atoms with Gasteiger partial charge in [0.2, 0.25) is 0 Å². The SMILES string of the molecule is CC(C)CC1CN(CC2CCCCO2)C(CC(C)C)CN1. The van der Waals surface area contributed by atoms with Crippen LogP contribution >= 0.6 is 0 Å². The number of piperazine rings is 1. The molecule has 2 saturated heterocycles. The summed E-state index contributed by atoms with van der Waals surface area (Å²) in [6.07, 6.45) is 6.92. The van der Waals surface area contributed by atoms with E-state index in [1.54, 1.807) is 0 Å². The Kier molecular flexibility index (Phi) is 6.97. The second-order valence-corrected chi connectivity index (χ2v) is 7.96. The topological polar surface area (TPSA) is 24.5 Å². The van der Waals surface area contributed by atoms with E-state index in [0.717, 1.165) is 31.5 Å². The average Bonchev–Trinajstić information content (AvgIpc) is 2.42. The maximum absolute atomic E-state index is 5.99. The van der Waals surface area contributed by atoms with Gasteiger partial charge in [-0.05, 0) is 43.9 Å². The van der Waals surface area contributed by atoms with E-state index in [2.05, 4.69) is 37.9 Å². The van der Waals surface area contributed by atoms with Crippen LogP contribution in [-0.2, 0) is 4.74 Å². The fraction of sp³-hybridized carbons (Fsp3) is 1.00. The lowest BCUT2D eigenvalue weighted by Crippen LogP contribution is -2.58. The summed E-state index contributed by atoms with van der Waals surface area (Å²) >= 11 is 0. The maximum atomic E-state index is 5.99. The number of ether oxygens (including phenoxy) is 1. The molecule has 3 unspecified atom stereocenters. The summed E-state index contributed by atoms with van der Waals surface area (Å²) in [4.78, 5) is 2.74. The van der Waals surface area contributed by atoms with Gasteiger partial charge in [-0.25, -0.2) is 0 Å². The first-order valence-electron chi connectivity index (χ1n) is 9.13. The minimum Gasteiger partial charge on any atom is -0.377 e. The van der Waals surface area contributed by atoms with Gasteiger partial charge in [0.15, 0.2) is 0 Å². The molecule has 124 valence electrons. The minimum atomic E-state index is 0.478. The molecule has 0 spiro atoms. The van der Waals surface area contributed by atoms with Crippen LogP contribution in [0.1, 0.15) is 59.8 Å².